The van der Waals surface area contributed by atoms with Gasteiger partial charge in [0, 0.05) is 25.0 Å². The van der Waals surface area contributed by atoms with Crippen molar-refractivity contribution in [2.24, 2.45) is 11.3 Å². The van der Waals surface area contributed by atoms with Crippen LogP contribution in [0.15, 0.2) is 36.4 Å². The summed E-state index contributed by atoms with van der Waals surface area (Å²) in [5.74, 6) is -1.88. The van der Waals surface area contributed by atoms with E-state index >= 15 is 0 Å². The number of ether oxygens (including phenoxy) is 1. The predicted molar refractivity (Wildman–Crippen MR) is 171 cm³/mol. The number of amides is 3. The number of nitriles is 1. The molecule has 0 saturated carbocycles. The van der Waals surface area contributed by atoms with Gasteiger partial charge >= 0.3 is 5.97 Å². The lowest BCUT2D eigenvalue weighted by Crippen LogP contribution is -2.61. The maximum atomic E-state index is 14.1. The van der Waals surface area contributed by atoms with E-state index in [2.05, 4.69) is 22.1 Å². The Morgan fingerprint density at radius 2 is 1.80 bits per heavy atom. The number of pyridine rings is 1. The van der Waals surface area contributed by atoms with Gasteiger partial charge in [0.25, 0.3) is 5.91 Å². The molecule has 3 aliphatic heterocycles. The second kappa shape index (κ2) is 14.0. The van der Waals surface area contributed by atoms with Gasteiger partial charge in [0.1, 0.15) is 24.2 Å². The van der Waals surface area contributed by atoms with E-state index in [1.165, 1.54) is 5.01 Å². The van der Waals surface area contributed by atoms with Crippen molar-refractivity contribution in [3.05, 3.63) is 47.7 Å². The smallest absolute Gasteiger partial charge is 0.325 e. The molecule has 3 amide bonds. The highest BCUT2D eigenvalue weighted by Crippen LogP contribution is 2.35. The van der Waals surface area contributed by atoms with Crippen LogP contribution in [0.4, 0.5) is 0 Å². The Kier molecular flexibility index (Phi) is 10.0. The van der Waals surface area contributed by atoms with Crippen molar-refractivity contribution in [1.82, 2.24) is 31.0 Å². The van der Waals surface area contributed by atoms with E-state index < -0.39 is 47.4 Å². The van der Waals surface area contributed by atoms with Gasteiger partial charge in [-0.25, -0.2) is 10.4 Å². The fourth-order valence-electron chi connectivity index (χ4n) is 6.27. The van der Waals surface area contributed by atoms with E-state index in [4.69, 9.17) is 9.72 Å². The average Bonchev–Trinajstić information content (AvgIpc) is 3.05. The van der Waals surface area contributed by atoms with Gasteiger partial charge in [0.05, 0.1) is 29.2 Å². The first kappa shape index (κ1) is 33.0. The number of cyclic esters (lactones) is 1. The number of rotatable bonds is 2. The van der Waals surface area contributed by atoms with Gasteiger partial charge in [-0.15, -0.1) is 0 Å². The van der Waals surface area contributed by atoms with Crippen molar-refractivity contribution >= 4 is 40.7 Å². The third kappa shape index (κ3) is 7.21. The summed E-state index contributed by atoms with van der Waals surface area (Å²) in [7, 11) is 0. The molecule has 2 fully saturated rings. The highest BCUT2D eigenvalue weighted by molar-refractivity contribution is 5.94. The lowest BCUT2D eigenvalue weighted by molar-refractivity contribution is -0.157. The standard InChI is InChI=1S/C34H43N7O5/c1-21(2)29-30(42)36-22(3)31(43)41-16-5-6-27(39-41)32(44)46-23(4)26-10-9-25-8-7-24(20-28(25)37-26)11-12-34(33(45)38-29)13-17-40(18-14-34)19-15-35/h7-12,20-23,27,29,39H,5-6,13-14,16-19H2,1-4H3,(H,36,42)(H,38,45)/b12-11+/t22-,23+,27?,29-/m0/s1. The third-order valence-electron chi connectivity index (χ3n) is 9.24. The van der Waals surface area contributed by atoms with Crippen molar-refractivity contribution < 1.29 is 23.9 Å². The molecule has 46 heavy (non-hydrogen) atoms. The molecule has 5 rings (SSSR count). The lowest BCUT2D eigenvalue weighted by atomic mass is 9.76. The molecule has 2 aromatic rings. The van der Waals surface area contributed by atoms with Crippen molar-refractivity contribution in [1.29, 1.82) is 5.26 Å². The Morgan fingerprint density at radius 3 is 2.52 bits per heavy atom. The Balaban J connectivity index is 1.53. The van der Waals surface area contributed by atoms with Crippen molar-refractivity contribution in [3.8, 4) is 6.07 Å². The zero-order valence-electron chi connectivity index (χ0n) is 26.9. The highest BCUT2D eigenvalue weighted by atomic mass is 16.5. The second-order valence-corrected chi connectivity index (χ2v) is 12.9. The van der Waals surface area contributed by atoms with Gasteiger partial charge < -0.3 is 15.4 Å². The largest absolute Gasteiger partial charge is 0.455 e. The number of carbonyl (C=O) groups is 4. The quantitative estimate of drug-likeness (QED) is 0.336. The summed E-state index contributed by atoms with van der Waals surface area (Å²) >= 11 is 0. The number of benzene rings is 1. The van der Waals surface area contributed by atoms with Crippen LogP contribution in [-0.2, 0) is 23.9 Å². The Morgan fingerprint density at radius 1 is 1.07 bits per heavy atom. The minimum Gasteiger partial charge on any atom is -0.455 e. The summed E-state index contributed by atoms with van der Waals surface area (Å²) in [6, 6.07) is 9.27. The van der Waals surface area contributed by atoms with Crippen LogP contribution in [0.25, 0.3) is 17.0 Å². The summed E-state index contributed by atoms with van der Waals surface area (Å²) in [5, 5.41) is 17.3. The molecule has 0 radical (unpaired) electrons. The zero-order valence-corrected chi connectivity index (χ0v) is 26.9. The molecule has 5 bridgehead atoms. The molecule has 244 valence electrons. The van der Waals surface area contributed by atoms with Gasteiger partial charge in [0.2, 0.25) is 11.8 Å². The van der Waals surface area contributed by atoms with Gasteiger partial charge in [-0.1, -0.05) is 44.2 Å². The number of hydrazine groups is 1. The molecule has 3 aliphatic rings. The van der Waals surface area contributed by atoms with Crippen LogP contribution >= 0.6 is 0 Å². The summed E-state index contributed by atoms with van der Waals surface area (Å²) in [6.45, 7) is 8.80. The molecule has 12 nitrogen and oxygen atoms in total. The maximum absolute atomic E-state index is 14.1. The number of fused-ring (bicyclic) bond motifs is 4. The van der Waals surface area contributed by atoms with Crippen LogP contribution in [-0.4, -0.2) is 82.9 Å². The number of nitrogens with one attached hydrogen (secondary N) is 3. The number of hydrogen-bond acceptors (Lipinski definition) is 9. The Bertz CT molecular complexity index is 1560. The van der Waals surface area contributed by atoms with Gasteiger partial charge in [0.15, 0.2) is 0 Å². The van der Waals surface area contributed by atoms with Crippen LogP contribution < -0.4 is 16.1 Å². The molecule has 1 unspecified atom stereocenters. The zero-order chi connectivity index (χ0) is 33.0. The fraction of sp³-hybridized carbons (Fsp3) is 0.529. The SMILES string of the molecule is CC(C)[C@@H]1NC(=O)C2(/C=C/c3ccc4ccc(nc4c3)[C@@H](C)OC(=O)C3CCCN(N3)C(=O)[C@H](C)NC1=O)CCN(CC#N)CC2. The van der Waals surface area contributed by atoms with Crippen LogP contribution in [0.2, 0.25) is 0 Å². The first-order valence-electron chi connectivity index (χ1n) is 16.1. The summed E-state index contributed by atoms with van der Waals surface area (Å²) in [6.07, 6.45) is 5.20. The van der Waals surface area contributed by atoms with E-state index in [0.717, 1.165) is 10.9 Å². The number of piperidine rings is 1. The summed E-state index contributed by atoms with van der Waals surface area (Å²) < 4.78 is 5.80. The Hall–Kier alpha value is -4.34. The summed E-state index contributed by atoms with van der Waals surface area (Å²) in [4.78, 5) is 61.0. The molecule has 4 atom stereocenters. The molecular weight excluding hydrogens is 586 g/mol. The molecule has 0 aliphatic carbocycles. The number of carbonyl (C=O) groups excluding carboxylic acids is 4. The van der Waals surface area contributed by atoms with E-state index in [1.54, 1.807) is 13.8 Å². The fourth-order valence-corrected chi connectivity index (χ4v) is 6.27. The molecule has 1 spiro atoms. The van der Waals surface area contributed by atoms with Gasteiger partial charge in [-0.3, -0.25) is 29.1 Å². The minimum atomic E-state index is -0.917. The topological polar surface area (TPSA) is 157 Å². The number of hydrogen-bond donors (Lipinski definition) is 3. The van der Waals surface area contributed by atoms with E-state index in [1.807, 2.05) is 61.2 Å². The monoisotopic (exact) mass is 629 g/mol. The van der Waals surface area contributed by atoms with Gasteiger partial charge in [-0.2, -0.15) is 5.26 Å². The summed E-state index contributed by atoms with van der Waals surface area (Å²) in [5.41, 5.74) is 4.22. The average molecular weight is 630 g/mol. The van der Waals surface area contributed by atoms with Crippen LogP contribution in [0, 0.1) is 22.7 Å². The number of esters is 1. The normalized spacial score (nSPS) is 27.2. The maximum Gasteiger partial charge on any atom is 0.325 e. The third-order valence-corrected chi connectivity index (χ3v) is 9.24. The lowest BCUT2D eigenvalue weighted by Gasteiger charge is -2.39. The first-order valence-corrected chi connectivity index (χ1v) is 16.1. The van der Waals surface area contributed by atoms with Crippen LogP contribution in [0.3, 0.4) is 0 Å². The van der Waals surface area contributed by atoms with E-state index in [-0.39, 0.29) is 18.4 Å². The van der Waals surface area contributed by atoms with Crippen molar-refractivity contribution in [3.63, 3.8) is 0 Å². The van der Waals surface area contributed by atoms with Crippen LogP contribution in [0.1, 0.15) is 70.7 Å². The van der Waals surface area contributed by atoms with Crippen molar-refractivity contribution in [2.45, 2.75) is 77.6 Å². The predicted octanol–water partition coefficient (Wildman–Crippen LogP) is 2.61. The number of nitrogens with zero attached hydrogens (tertiary/aromatic N) is 4. The molecule has 3 N–H and O–H groups in total. The van der Waals surface area contributed by atoms with Crippen LogP contribution in [0.5, 0.6) is 0 Å². The highest BCUT2D eigenvalue weighted by Gasteiger charge is 2.42. The van der Waals surface area contributed by atoms with Gasteiger partial charge in [-0.05, 0) is 63.1 Å². The van der Waals surface area contributed by atoms with Crippen molar-refractivity contribution in [2.75, 3.05) is 26.2 Å². The second-order valence-electron chi connectivity index (χ2n) is 12.9. The molecular formula is C34H43N7O5. The first-order chi connectivity index (χ1) is 22.0. The van der Waals surface area contributed by atoms with E-state index in [9.17, 15) is 24.4 Å². The number of likely N-dealkylation sites (tertiary alicyclic amines) is 1. The molecule has 1 aromatic carbocycles. The minimum absolute atomic E-state index is 0.262. The molecule has 12 heteroatoms. The van der Waals surface area contributed by atoms with E-state index in [0.29, 0.717) is 56.5 Å². The Labute approximate surface area is 269 Å². The molecule has 4 heterocycles. The molecule has 2 saturated heterocycles. The number of aromatic nitrogens is 1. The molecule has 1 aromatic heterocycles.